The number of hydrogen-bond acceptors (Lipinski definition) is 2. The molecule has 0 bridgehead atoms. The summed E-state index contributed by atoms with van der Waals surface area (Å²) in [5.41, 5.74) is 1.65. The van der Waals surface area contributed by atoms with Crippen LogP contribution in [0.5, 0.6) is 0 Å². The highest BCUT2D eigenvalue weighted by Gasteiger charge is 2.26. The number of rotatable bonds is 6. The van der Waals surface area contributed by atoms with E-state index in [1.54, 1.807) is 6.08 Å². The summed E-state index contributed by atoms with van der Waals surface area (Å²) in [5.74, 6) is -0.167. The van der Waals surface area contributed by atoms with E-state index in [0.717, 1.165) is 11.1 Å². The molecule has 0 spiro atoms. The normalized spacial score (nSPS) is 11.8. The third-order valence-corrected chi connectivity index (χ3v) is 3.51. The van der Waals surface area contributed by atoms with Gasteiger partial charge in [-0.15, -0.1) is 0 Å². The first-order chi connectivity index (χ1) is 9.05. The smallest absolute Gasteiger partial charge is 0.244 e. The first kappa shape index (κ1) is 15.4. The van der Waals surface area contributed by atoms with Gasteiger partial charge in [0.2, 0.25) is 5.91 Å². The summed E-state index contributed by atoms with van der Waals surface area (Å²) < 4.78 is 0. The first-order valence-corrected chi connectivity index (χ1v) is 6.73. The fourth-order valence-electron chi connectivity index (χ4n) is 1.94. The lowest BCUT2D eigenvalue weighted by atomic mass is 9.94. The maximum absolute atomic E-state index is 11.9. The Kier molecular flexibility index (Phi) is 5.77. The number of aliphatic hydroxyl groups excluding tert-OH is 1. The van der Waals surface area contributed by atoms with Crippen molar-refractivity contribution in [1.82, 2.24) is 5.32 Å². The summed E-state index contributed by atoms with van der Waals surface area (Å²) in [4.78, 5) is 11.9. The monoisotopic (exact) mass is 261 g/mol. The Morgan fingerprint density at radius 3 is 2.58 bits per heavy atom. The number of aryl methyl sites for hydroxylation is 1. The van der Waals surface area contributed by atoms with Crippen LogP contribution >= 0.6 is 0 Å². The number of hydrogen-bond donors (Lipinski definition) is 2. The van der Waals surface area contributed by atoms with Crippen LogP contribution in [0.3, 0.4) is 0 Å². The second kappa shape index (κ2) is 7.10. The molecule has 1 amide bonds. The van der Waals surface area contributed by atoms with E-state index in [4.69, 9.17) is 0 Å². The predicted molar refractivity (Wildman–Crippen MR) is 78.8 cm³/mol. The zero-order valence-corrected chi connectivity index (χ0v) is 11.9. The summed E-state index contributed by atoms with van der Waals surface area (Å²) in [6.07, 6.45) is 4.73. The second-order valence-electron chi connectivity index (χ2n) is 4.88. The molecule has 104 valence electrons. The standard InChI is InChI=1S/C16H23NO2/c1-4-16(5-2,12-18)17-15(19)10-9-14-8-6-7-13(3)11-14/h6-11,18H,4-5,12H2,1-3H3,(H,17,19). The molecule has 0 aliphatic carbocycles. The summed E-state index contributed by atoms with van der Waals surface area (Å²) in [6.45, 7) is 5.90. The van der Waals surface area contributed by atoms with Crippen molar-refractivity contribution in [3.63, 3.8) is 0 Å². The maximum atomic E-state index is 11.9. The van der Waals surface area contributed by atoms with E-state index in [-0.39, 0.29) is 12.5 Å². The highest BCUT2D eigenvalue weighted by atomic mass is 16.3. The van der Waals surface area contributed by atoms with Crippen molar-refractivity contribution >= 4 is 12.0 Å². The van der Waals surface area contributed by atoms with Gasteiger partial charge in [0.05, 0.1) is 12.1 Å². The van der Waals surface area contributed by atoms with Gasteiger partial charge in [-0.3, -0.25) is 4.79 Å². The van der Waals surface area contributed by atoms with Crippen LogP contribution in [-0.4, -0.2) is 23.2 Å². The molecule has 0 saturated carbocycles. The molecule has 0 unspecified atom stereocenters. The molecular formula is C16H23NO2. The van der Waals surface area contributed by atoms with E-state index in [1.807, 2.05) is 45.0 Å². The topological polar surface area (TPSA) is 49.3 Å². The Morgan fingerprint density at radius 2 is 2.05 bits per heavy atom. The van der Waals surface area contributed by atoms with Crippen LogP contribution in [0, 0.1) is 6.92 Å². The van der Waals surface area contributed by atoms with Crippen LogP contribution in [0.1, 0.15) is 37.8 Å². The first-order valence-electron chi connectivity index (χ1n) is 6.73. The third kappa shape index (κ3) is 4.52. The molecule has 2 N–H and O–H groups in total. The van der Waals surface area contributed by atoms with Crippen molar-refractivity contribution in [1.29, 1.82) is 0 Å². The third-order valence-electron chi connectivity index (χ3n) is 3.51. The number of aliphatic hydroxyl groups is 1. The van der Waals surface area contributed by atoms with Gasteiger partial charge in [-0.2, -0.15) is 0 Å². The van der Waals surface area contributed by atoms with Gasteiger partial charge in [0.25, 0.3) is 0 Å². The Bertz CT molecular complexity index is 440. The number of carbonyl (C=O) groups excluding carboxylic acids is 1. The van der Waals surface area contributed by atoms with Crippen LogP contribution in [0.25, 0.3) is 6.08 Å². The second-order valence-corrected chi connectivity index (χ2v) is 4.88. The molecule has 1 aromatic carbocycles. The van der Waals surface area contributed by atoms with Crippen LogP contribution < -0.4 is 5.32 Å². The minimum absolute atomic E-state index is 0.0377. The van der Waals surface area contributed by atoms with Gasteiger partial charge in [-0.1, -0.05) is 43.7 Å². The number of amides is 1. The van der Waals surface area contributed by atoms with Crippen LogP contribution in [0.4, 0.5) is 0 Å². The molecule has 1 rings (SSSR count). The lowest BCUT2D eigenvalue weighted by molar-refractivity contribution is -0.119. The Labute approximate surface area is 115 Å². The summed E-state index contributed by atoms with van der Waals surface area (Å²) in [7, 11) is 0. The van der Waals surface area contributed by atoms with Gasteiger partial charge >= 0.3 is 0 Å². The maximum Gasteiger partial charge on any atom is 0.244 e. The van der Waals surface area contributed by atoms with Crippen molar-refractivity contribution in [3.8, 4) is 0 Å². The lowest BCUT2D eigenvalue weighted by Crippen LogP contribution is -2.49. The van der Waals surface area contributed by atoms with E-state index in [1.165, 1.54) is 6.08 Å². The van der Waals surface area contributed by atoms with E-state index < -0.39 is 5.54 Å². The van der Waals surface area contributed by atoms with Crippen molar-refractivity contribution in [2.24, 2.45) is 0 Å². The average molecular weight is 261 g/mol. The minimum Gasteiger partial charge on any atom is -0.394 e. The largest absolute Gasteiger partial charge is 0.394 e. The molecule has 1 aromatic rings. The van der Waals surface area contributed by atoms with Gasteiger partial charge in [-0.05, 0) is 31.4 Å². The molecule has 0 aromatic heterocycles. The zero-order valence-electron chi connectivity index (χ0n) is 11.9. The minimum atomic E-state index is -0.506. The van der Waals surface area contributed by atoms with Gasteiger partial charge in [0.15, 0.2) is 0 Å². The summed E-state index contributed by atoms with van der Waals surface area (Å²) in [5, 5.41) is 12.3. The van der Waals surface area contributed by atoms with Crippen molar-refractivity contribution < 1.29 is 9.90 Å². The summed E-state index contributed by atoms with van der Waals surface area (Å²) >= 11 is 0. The Morgan fingerprint density at radius 1 is 1.37 bits per heavy atom. The van der Waals surface area contributed by atoms with Crippen LogP contribution in [0.2, 0.25) is 0 Å². The van der Waals surface area contributed by atoms with Gasteiger partial charge in [0.1, 0.15) is 0 Å². The molecule has 0 fully saturated rings. The molecule has 0 aliphatic rings. The van der Waals surface area contributed by atoms with Crippen molar-refractivity contribution in [2.75, 3.05) is 6.61 Å². The fraction of sp³-hybridized carbons (Fsp3) is 0.438. The quantitative estimate of drug-likeness (QED) is 0.773. The van der Waals surface area contributed by atoms with E-state index in [2.05, 4.69) is 5.32 Å². The number of carbonyl (C=O) groups is 1. The number of benzene rings is 1. The highest BCUT2D eigenvalue weighted by molar-refractivity contribution is 5.92. The molecule has 0 atom stereocenters. The predicted octanol–water partition coefficient (Wildman–Crippen LogP) is 2.68. The molecule has 0 aliphatic heterocycles. The van der Waals surface area contributed by atoms with Crippen LogP contribution in [0.15, 0.2) is 30.3 Å². The molecule has 0 radical (unpaired) electrons. The molecule has 0 heterocycles. The van der Waals surface area contributed by atoms with E-state index in [9.17, 15) is 9.90 Å². The molecule has 3 nitrogen and oxygen atoms in total. The zero-order chi connectivity index (χ0) is 14.3. The fourth-order valence-corrected chi connectivity index (χ4v) is 1.94. The average Bonchev–Trinajstić information content (AvgIpc) is 2.43. The van der Waals surface area contributed by atoms with Gasteiger partial charge < -0.3 is 10.4 Å². The van der Waals surface area contributed by atoms with E-state index >= 15 is 0 Å². The van der Waals surface area contributed by atoms with Gasteiger partial charge in [-0.25, -0.2) is 0 Å². The highest BCUT2D eigenvalue weighted by Crippen LogP contribution is 2.14. The Hall–Kier alpha value is -1.61. The van der Waals surface area contributed by atoms with Crippen molar-refractivity contribution in [3.05, 3.63) is 41.5 Å². The molecule has 0 saturated heterocycles. The van der Waals surface area contributed by atoms with Gasteiger partial charge in [0, 0.05) is 6.08 Å². The number of nitrogens with one attached hydrogen (secondary N) is 1. The van der Waals surface area contributed by atoms with Crippen LogP contribution in [-0.2, 0) is 4.79 Å². The molecule has 3 heteroatoms. The lowest BCUT2D eigenvalue weighted by Gasteiger charge is -2.30. The molecular weight excluding hydrogens is 238 g/mol. The Balaban J connectivity index is 2.69. The SMILES string of the molecule is CCC(CC)(CO)NC(=O)C=Cc1cccc(C)c1. The van der Waals surface area contributed by atoms with E-state index in [0.29, 0.717) is 12.8 Å². The summed E-state index contributed by atoms with van der Waals surface area (Å²) in [6, 6.07) is 7.95. The van der Waals surface area contributed by atoms with Crippen molar-refractivity contribution in [2.45, 2.75) is 39.2 Å². The molecule has 19 heavy (non-hydrogen) atoms.